The molecule has 1 saturated heterocycles. The van der Waals surface area contributed by atoms with Crippen molar-refractivity contribution in [3.8, 4) is 6.07 Å². The molecule has 0 aliphatic carbocycles. The number of carbonyl (C=O) groups excluding carboxylic acids is 1. The van der Waals surface area contributed by atoms with Crippen molar-refractivity contribution in [2.24, 2.45) is 0 Å². The van der Waals surface area contributed by atoms with Crippen molar-refractivity contribution in [3.05, 3.63) is 0 Å². The van der Waals surface area contributed by atoms with E-state index in [0.29, 0.717) is 6.61 Å². The second kappa shape index (κ2) is 3.07. The molecule has 1 atom stereocenters. The summed E-state index contributed by atoms with van der Waals surface area (Å²) in [6, 6.07) is 1.53. The molecule has 0 bridgehead atoms. The predicted molar refractivity (Wildman–Crippen MR) is 23.9 cm³/mol. The van der Waals surface area contributed by atoms with E-state index < -0.39 is 11.6 Å². The van der Waals surface area contributed by atoms with Crippen LogP contribution in [0.1, 0.15) is 6.42 Å². The number of rotatable bonds is 1. The quantitative estimate of drug-likeness (QED) is 0.337. The van der Waals surface area contributed by atoms with Gasteiger partial charge in [0.25, 0.3) is 0 Å². The normalized spacial score (nSPS) is 29.1. The first-order valence-corrected chi connectivity index (χ1v) is 2.48. The van der Waals surface area contributed by atoms with Crippen LogP contribution in [0.3, 0.4) is 0 Å². The molecule has 1 aliphatic rings. The fourth-order valence-electron chi connectivity index (χ4n) is 0.601. The van der Waals surface area contributed by atoms with E-state index in [1.165, 1.54) is 6.07 Å². The molecule has 0 aromatic carbocycles. The Bertz CT molecular complexity index is 182. The maximum absolute atomic E-state index is 10.1. The molecule has 4 nitrogen and oxygen atoms in total. The minimum Gasteiger partial charge on any atom is -0.546 e. The maximum atomic E-state index is 10.1. The summed E-state index contributed by atoms with van der Waals surface area (Å²) >= 11 is 0. The van der Waals surface area contributed by atoms with E-state index in [-0.39, 0.29) is 25.3 Å². The number of carbonyl (C=O) groups is 1. The third kappa shape index (κ3) is 1.17. The molecule has 0 aromatic rings. The van der Waals surface area contributed by atoms with Crippen LogP contribution in [-0.4, -0.2) is 18.2 Å². The maximum Gasteiger partial charge on any atom is 1.00 e. The van der Waals surface area contributed by atoms with E-state index >= 15 is 0 Å². The average molecular weight is 133 g/mol. The monoisotopic (exact) mass is 133 g/mol. The number of carboxylic acids is 1. The summed E-state index contributed by atoms with van der Waals surface area (Å²) in [5.74, 6) is -1.43. The molecule has 48 valence electrons. The number of ether oxygens (including phenoxy) is 1. The van der Waals surface area contributed by atoms with Crippen molar-refractivity contribution in [2.75, 3.05) is 6.61 Å². The summed E-state index contributed by atoms with van der Waals surface area (Å²) in [6.07, 6.45) is 0.242. The van der Waals surface area contributed by atoms with E-state index in [0.717, 1.165) is 0 Å². The van der Waals surface area contributed by atoms with Crippen LogP contribution >= 0.6 is 0 Å². The largest absolute Gasteiger partial charge is 1.00 e. The van der Waals surface area contributed by atoms with Crippen LogP contribution in [0.25, 0.3) is 0 Å². The molecular formula is C5H4LiNO3. The number of hydrogen-bond acceptors (Lipinski definition) is 4. The summed E-state index contributed by atoms with van der Waals surface area (Å²) < 4.78 is 4.51. The first-order valence-electron chi connectivity index (χ1n) is 2.48. The first-order chi connectivity index (χ1) is 4.21. The van der Waals surface area contributed by atoms with Gasteiger partial charge in [0, 0.05) is 6.42 Å². The molecular weight excluding hydrogens is 129 g/mol. The second-order valence-electron chi connectivity index (χ2n) is 1.82. The molecule has 1 unspecified atom stereocenters. The zero-order valence-electron chi connectivity index (χ0n) is 5.59. The van der Waals surface area contributed by atoms with Gasteiger partial charge in [0.2, 0.25) is 0 Å². The Morgan fingerprint density at radius 1 is 1.80 bits per heavy atom. The summed E-state index contributed by atoms with van der Waals surface area (Å²) in [4.78, 5) is 10.1. The Kier molecular flexibility index (Phi) is 2.92. The topological polar surface area (TPSA) is 73.2 Å². The third-order valence-corrected chi connectivity index (χ3v) is 1.31. The molecule has 1 rings (SSSR count). The molecule has 0 radical (unpaired) electrons. The van der Waals surface area contributed by atoms with Crippen LogP contribution in [0.2, 0.25) is 0 Å². The van der Waals surface area contributed by atoms with Crippen LogP contribution in [-0.2, 0) is 9.53 Å². The molecule has 1 fully saturated rings. The van der Waals surface area contributed by atoms with Gasteiger partial charge in [0.15, 0.2) is 5.60 Å². The van der Waals surface area contributed by atoms with Gasteiger partial charge in [-0.05, 0) is 0 Å². The van der Waals surface area contributed by atoms with E-state index in [4.69, 9.17) is 5.26 Å². The zero-order chi connectivity index (χ0) is 6.91. The second-order valence-corrected chi connectivity index (χ2v) is 1.82. The van der Waals surface area contributed by atoms with E-state index in [2.05, 4.69) is 4.74 Å². The Morgan fingerprint density at radius 2 is 2.30 bits per heavy atom. The van der Waals surface area contributed by atoms with Crippen LogP contribution in [0, 0.1) is 11.3 Å². The molecule has 0 N–H and O–H groups in total. The van der Waals surface area contributed by atoms with E-state index in [1.807, 2.05) is 0 Å². The minimum atomic E-state index is -1.62. The summed E-state index contributed by atoms with van der Waals surface area (Å²) in [6.45, 7) is 0.335. The molecule has 0 aromatic heterocycles. The molecule has 0 saturated carbocycles. The Balaban J connectivity index is 0.000000810. The van der Waals surface area contributed by atoms with Crippen LogP contribution in [0.15, 0.2) is 0 Å². The number of nitrogens with zero attached hydrogens (tertiary/aromatic N) is 1. The standard InChI is InChI=1S/C5H5NO3.Li/c6-3-5(4(7)8)1-2-9-5;/h1-2H2,(H,7,8);/q;+1/p-1. The molecule has 0 spiro atoms. The fourth-order valence-corrected chi connectivity index (χ4v) is 0.601. The van der Waals surface area contributed by atoms with Crippen molar-refractivity contribution < 1.29 is 33.5 Å². The van der Waals surface area contributed by atoms with Gasteiger partial charge in [-0.15, -0.1) is 0 Å². The van der Waals surface area contributed by atoms with E-state index in [9.17, 15) is 9.90 Å². The van der Waals surface area contributed by atoms with Crippen molar-refractivity contribution in [3.63, 3.8) is 0 Å². The minimum absolute atomic E-state index is 0. The van der Waals surface area contributed by atoms with Crippen LogP contribution < -0.4 is 24.0 Å². The molecule has 0 amide bonds. The number of nitriles is 1. The SMILES string of the molecule is N#CC1(C(=O)[O-])CCO1.[Li+]. The van der Waals surface area contributed by atoms with Crippen LogP contribution in [0.5, 0.6) is 0 Å². The van der Waals surface area contributed by atoms with Gasteiger partial charge in [0.1, 0.15) is 6.07 Å². The third-order valence-electron chi connectivity index (χ3n) is 1.31. The molecule has 1 heterocycles. The van der Waals surface area contributed by atoms with Gasteiger partial charge in [-0.25, -0.2) is 0 Å². The molecule has 10 heavy (non-hydrogen) atoms. The van der Waals surface area contributed by atoms with Gasteiger partial charge in [-0.2, -0.15) is 5.26 Å². The summed E-state index contributed by atoms with van der Waals surface area (Å²) in [7, 11) is 0. The predicted octanol–water partition coefficient (Wildman–Crippen LogP) is -4.58. The van der Waals surface area contributed by atoms with Crippen molar-refractivity contribution in [1.29, 1.82) is 5.26 Å². The Hall–Kier alpha value is -0.483. The van der Waals surface area contributed by atoms with Gasteiger partial charge >= 0.3 is 18.9 Å². The molecule has 1 aliphatic heterocycles. The summed E-state index contributed by atoms with van der Waals surface area (Å²) in [5.41, 5.74) is -1.62. The average Bonchev–Trinajstić information content (AvgIpc) is 1.62. The van der Waals surface area contributed by atoms with Crippen LogP contribution in [0.4, 0.5) is 0 Å². The number of hydrogen-bond donors (Lipinski definition) is 0. The van der Waals surface area contributed by atoms with Crippen molar-refractivity contribution in [2.45, 2.75) is 12.0 Å². The van der Waals surface area contributed by atoms with Gasteiger partial charge in [-0.1, -0.05) is 0 Å². The van der Waals surface area contributed by atoms with Crippen molar-refractivity contribution in [1.82, 2.24) is 0 Å². The smallest absolute Gasteiger partial charge is 0.546 e. The fraction of sp³-hybridized carbons (Fsp3) is 0.600. The Labute approximate surface area is 70.0 Å². The summed E-state index contributed by atoms with van der Waals surface area (Å²) in [5, 5.41) is 18.3. The van der Waals surface area contributed by atoms with Crippen molar-refractivity contribution >= 4 is 5.97 Å². The molecule has 5 heteroatoms. The zero-order valence-corrected chi connectivity index (χ0v) is 5.59. The Morgan fingerprint density at radius 3 is 2.30 bits per heavy atom. The van der Waals surface area contributed by atoms with E-state index in [1.54, 1.807) is 0 Å². The van der Waals surface area contributed by atoms with Gasteiger partial charge in [0.05, 0.1) is 12.6 Å². The van der Waals surface area contributed by atoms with Gasteiger partial charge in [-0.3, -0.25) is 0 Å². The first kappa shape index (κ1) is 9.52. The number of carboxylic acid groups (broad SMARTS) is 1. The number of aliphatic carboxylic acids is 1. The van der Waals surface area contributed by atoms with Gasteiger partial charge < -0.3 is 14.6 Å².